The fraction of sp³-hybridized carbons (Fsp3) is 0.885. The van der Waals surface area contributed by atoms with Gasteiger partial charge in [-0.05, 0) is 108 Å². The van der Waals surface area contributed by atoms with Gasteiger partial charge in [-0.2, -0.15) is 5.26 Å². The number of ether oxygens (including phenoxy) is 1. The zero-order valence-corrected chi connectivity index (χ0v) is 20.5. The maximum atomic E-state index is 13.3. The van der Waals surface area contributed by atoms with Gasteiger partial charge in [0.2, 0.25) is 5.91 Å². The summed E-state index contributed by atoms with van der Waals surface area (Å²) >= 11 is 0. The van der Waals surface area contributed by atoms with Gasteiger partial charge in [0.05, 0.1) is 6.07 Å². The predicted molar refractivity (Wildman–Crippen MR) is 126 cm³/mol. The number of amides is 1. The Balaban J connectivity index is 0.000000821. The molecule has 33 heavy (non-hydrogen) atoms. The average molecular weight is 459 g/mol. The Labute approximate surface area is 198 Å². The number of nitrogens with two attached hydrogens (primary N) is 1. The Bertz CT molecular complexity index is 764. The SMILES string of the molecule is CNC.N#CC1CC2CC2N1C(=O)CC12CC3CC(C1)CC(OC(=O)CCCCCN)(C3)C2. The average Bonchev–Trinajstić information content (AvgIpc) is 3.39. The molecule has 6 rings (SSSR count). The fourth-order valence-electron chi connectivity index (χ4n) is 7.92. The van der Waals surface area contributed by atoms with Gasteiger partial charge in [-0.25, -0.2) is 0 Å². The third kappa shape index (κ3) is 5.22. The highest BCUT2D eigenvalue weighted by Gasteiger charge is 2.61. The molecular weight excluding hydrogens is 416 g/mol. The molecule has 5 unspecified atom stereocenters. The van der Waals surface area contributed by atoms with Crippen LogP contribution in [0, 0.1) is 34.5 Å². The van der Waals surface area contributed by atoms with Crippen molar-refractivity contribution in [2.75, 3.05) is 20.6 Å². The Kier molecular flexibility index (Phi) is 7.35. The number of hydrogen-bond donors (Lipinski definition) is 2. The molecule has 7 nitrogen and oxygen atoms in total. The summed E-state index contributed by atoms with van der Waals surface area (Å²) in [5, 5.41) is 12.2. The summed E-state index contributed by atoms with van der Waals surface area (Å²) in [6.07, 6.45) is 11.9. The second-order valence-corrected chi connectivity index (χ2v) is 11.6. The van der Waals surface area contributed by atoms with Crippen LogP contribution in [0.5, 0.6) is 0 Å². The summed E-state index contributed by atoms with van der Waals surface area (Å²) in [6, 6.07) is 2.44. The van der Waals surface area contributed by atoms with Crippen LogP contribution in [0.15, 0.2) is 0 Å². The fourth-order valence-corrected chi connectivity index (χ4v) is 7.92. The summed E-state index contributed by atoms with van der Waals surface area (Å²) in [4.78, 5) is 27.8. The molecule has 7 heteroatoms. The summed E-state index contributed by atoms with van der Waals surface area (Å²) < 4.78 is 6.19. The lowest BCUT2D eigenvalue weighted by molar-refractivity contribution is -0.203. The van der Waals surface area contributed by atoms with Gasteiger partial charge in [-0.15, -0.1) is 0 Å². The molecule has 1 aliphatic heterocycles. The van der Waals surface area contributed by atoms with Gasteiger partial charge in [-0.1, -0.05) is 6.42 Å². The quantitative estimate of drug-likeness (QED) is 0.427. The molecule has 1 heterocycles. The number of nitrogens with one attached hydrogen (secondary N) is 1. The lowest BCUT2D eigenvalue weighted by Gasteiger charge is -2.61. The number of rotatable bonds is 8. The zero-order valence-electron chi connectivity index (χ0n) is 20.5. The zero-order chi connectivity index (χ0) is 23.6. The predicted octanol–water partition coefficient (Wildman–Crippen LogP) is 3.13. The number of fused-ring (bicyclic) bond motifs is 1. The van der Waals surface area contributed by atoms with Crippen LogP contribution in [0.4, 0.5) is 0 Å². The van der Waals surface area contributed by atoms with Crippen molar-refractivity contribution in [2.45, 2.75) is 101 Å². The van der Waals surface area contributed by atoms with Crippen molar-refractivity contribution in [1.82, 2.24) is 10.2 Å². The molecule has 5 saturated carbocycles. The van der Waals surface area contributed by atoms with E-state index >= 15 is 0 Å². The van der Waals surface area contributed by atoms with Crippen LogP contribution in [0.25, 0.3) is 0 Å². The molecule has 0 aromatic rings. The van der Waals surface area contributed by atoms with E-state index in [1.54, 1.807) is 0 Å². The van der Waals surface area contributed by atoms with Crippen LogP contribution in [-0.4, -0.2) is 55.1 Å². The summed E-state index contributed by atoms with van der Waals surface area (Å²) in [7, 11) is 3.75. The first-order chi connectivity index (χ1) is 15.9. The van der Waals surface area contributed by atoms with E-state index in [4.69, 9.17) is 10.5 Å². The molecule has 6 aliphatic rings. The van der Waals surface area contributed by atoms with Crippen LogP contribution in [0.1, 0.15) is 83.5 Å². The molecule has 5 atom stereocenters. The highest BCUT2D eigenvalue weighted by Crippen LogP contribution is 2.64. The largest absolute Gasteiger partial charge is 0.459 e. The number of piperidine rings is 1. The van der Waals surface area contributed by atoms with Crippen LogP contribution in [0.2, 0.25) is 0 Å². The van der Waals surface area contributed by atoms with Gasteiger partial charge in [0.1, 0.15) is 11.6 Å². The second kappa shape index (κ2) is 9.92. The van der Waals surface area contributed by atoms with E-state index in [0.717, 1.165) is 64.2 Å². The molecule has 184 valence electrons. The number of hydrogen-bond acceptors (Lipinski definition) is 6. The lowest BCUT2D eigenvalue weighted by Crippen LogP contribution is -2.58. The maximum absolute atomic E-state index is 13.3. The Hall–Kier alpha value is -1.65. The van der Waals surface area contributed by atoms with Crippen LogP contribution < -0.4 is 11.1 Å². The molecule has 5 aliphatic carbocycles. The molecule has 0 aromatic heterocycles. The molecule has 6 fully saturated rings. The normalized spacial score (nSPS) is 39.3. The van der Waals surface area contributed by atoms with E-state index in [0.29, 0.717) is 43.2 Å². The van der Waals surface area contributed by atoms with Crippen molar-refractivity contribution in [3.8, 4) is 6.07 Å². The van der Waals surface area contributed by atoms with Gasteiger partial charge in [0.15, 0.2) is 0 Å². The minimum atomic E-state index is -0.350. The minimum absolute atomic E-state index is 0.0338. The number of nitrogens with zero attached hydrogens (tertiary/aromatic N) is 2. The highest BCUT2D eigenvalue weighted by atomic mass is 16.6. The van der Waals surface area contributed by atoms with Crippen molar-refractivity contribution in [3.05, 3.63) is 0 Å². The van der Waals surface area contributed by atoms with E-state index in [2.05, 4.69) is 11.4 Å². The Morgan fingerprint density at radius 1 is 1.09 bits per heavy atom. The third-order valence-corrected chi connectivity index (χ3v) is 8.61. The van der Waals surface area contributed by atoms with Crippen molar-refractivity contribution in [3.63, 3.8) is 0 Å². The van der Waals surface area contributed by atoms with E-state index in [-0.39, 0.29) is 28.9 Å². The van der Waals surface area contributed by atoms with Gasteiger partial charge < -0.3 is 20.7 Å². The number of nitriles is 1. The second-order valence-electron chi connectivity index (χ2n) is 11.6. The molecule has 0 aromatic carbocycles. The summed E-state index contributed by atoms with van der Waals surface area (Å²) in [6.45, 7) is 0.671. The minimum Gasteiger partial charge on any atom is -0.459 e. The first kappa shape index (κ1) is 24.5. The summed E-state index contributed by atoms with van der Waals surface area (Å²) in [5.74, 6) is 1.81. The van der Waals surface area contributed by atoms with Gasteiger partial charge in [-0.3, -0.25) is 9.59 Å². The number of carbonyl (C=O) groups is 2. The molecule has 0 radical (unpaired) electrons. The molecule has 1 amide bonds. The summed E-state index contributed by atoms with van der Waals surface area (Å²) in [5.41, 5.74) is 5.16. The number of unbranched alkanes of at least 4 members (excludes halogenated alkanes) is 2. The number of carbonyl (C=O) groups excluding carboxylic acids is 2. The first-order valence-electron chi connectivity index (χ1n) is 13.1. The van der Waals surface area contributed by atoms with Crippen molar-refractivity contribution in [1.29, 1.82) is 5.26 Å². The van der Waals surface area contributed by atoms with Gasteiger partial charge in [0.25, 0.3) is 0 Å². The molecular formula is C26H42N4O3. The molecule has 3 N–H and O–H groups in total. The monoisotopic (exact) mass is 458 g/mol. The highest BCUT2D eigenvalue weighted by molar-refractivity contribution is 5.79. The molecule has 4 bridgehead atoms. The van der Waals surface area contributed by atoms with Crippen LogP contribution in [0.3, 0.4) is 0 Å². The van der Waals surface area contributed by atoms with E-state index < -0.39 is 0 Å². The van der Waals surface area contributed by atoms with Crippen LogP contribution >= 0.6 is 0 Å². The number of likely N-dealkylation sites (tertiary alicyclic amines) is 1. The Morgan fingerprint density at radius 3 is 2.42 bits per heavy atom. The van der Waals surface area contributed by atoms with Crippen molar-refractivity contribution >= 4 is 11.9 Å². The third-order valence-electron chi connectivity index (χ3n) is 8.61. The smallest absolute Gasteiger partial charge is 0.306 e. The maximum Gasteiger partial charge on any atom is 0.306 e. The van der Waals surface area contributed by atoms with Crippen molar-refractivity contribution in [2.24, 2.45) is 28.9 Å². The van der Waals surface area contributed by atoms with Crippen molar-refractivity contribution < 1.29 is 14.3 Å². The topological polar surface area (TPSA) is 108 Å². The number of esters is 1. The first-order valence-corrected chi connectivity index (χ1v) is 13.1. The standard InChI is InChI=1S/C24H35N3O3.C2H7N/c25-5-3-1-2-4-22(29)30-24-11-16-6-17(12-24)10-23(9-16,15-24)13-21(28)27-19(14-26)7-18-8-20(18)27;1-3-2/h16-20H,1-13,15,25H2;3H,1-2H3. The van der Waals surface area contributed by atoms with E-state index in [1.165, 1.54) is 6.42 Å². The van der Waals surface area contributed by atoms with Crippen LogP contribution in [-0.2, 0) is 14.3 Å². The van der Waals surface area contributed by atoms with E-state index in [9.17, 15) is 14.9 Å². The Morgan fingerprint density at radius 2 is 1.79 bits per heavy atom. The van der Waals surface area contributed by atoms with Gasteiger partial charge in [0, 0.05) is 18.9 Å². The van der Waals surface area contributed by atoms with E-state index in [1.807, 2.05) is 19.0 Å². The lowest BCUT2D eigenvalue weighted by atomic mass is 9.47. The molecule has 1 saturated heterocycles. The molecule has 0 spiro atoms. The van der Waals surface area contributed by atoms with Gasteiger partial charge >= 0.3 is 5.97 Å².